The largest absolute Gasteiger partial charge is 0.491 e. The molecule has 0 unspecified atom stereocenters. The number of benzene rings is 2. The van der Waals surface area contributed by atoms with E-state index in [0.717, 1.165) is 19.6 Å². The van der Waals surface area contributed by atoms with Crippen LogP contribution in [0.5, 0.6) is 5.75 Å². The smallest absolute Gasteiger partial charge is 0.223 e. The van der Waals surface area contributed by atoms with Crippen LogP contribution in [0, 0.1) is 0 Å². The Labute approximate surface area is 187 Å². The molecule has 6 nitrogen and oxygen atoms in total. The minimum atomic E-state index is -3.51. The Kier molecular flexibility index (Phi) is 7.99. The lowest BCUT2D eigenvalue weighted by molar-refractivity contribution is -0.132. The van der Waals surface area contributed by atoms with Crippen LogP contribution in [0.4, 0.5) is 0 Å². The Bertz CT molecular complexity index is 959. The molecule has 30 heavy (non-hydrogen) atoms. The van der Waals surface area contributed by atoms with E-state index in [2.05, 4.69) is 4.90 Å². The quantitative estimate of drug-likeness (QED) is 0.591. The third kappa shape index (κ3) is 6.35. The van der Waals surface area contributed by atoms with Gasteiger partial charge in [-0.05, 0) is 36.4 Å². The predicted molar refractivity (Wildman–Crippen MR) is 118 cm³/mol. The van der Waals surface area contributed by atoms with Gasteiger partial charge in [-0.15, -0.1) is 0 Å². The molecule has 1 saturated heterocycles. The molecule has 1 fully saturated rings. The van der Waals surface area contributed by atoms with E-state index in [1.54, 1.807) is 11.0 Å². The van der Waals surface area contributed by atoms with Crippen molar-refractivity contribution >= 4 is 38.9 Å². The molecule has 2 aromatic rings. The van der Waals surface area contributed by atoms with Gasteiger partial charge in [-0.25, -0.2) is 8.42 Å². The third-order valence-electron chi connectivity index (χ3n) is 4.98. The molecule has 1 aliphatic heterocycles. The van der Waals surface area contributed by atoms with Gasteiger partial charge in [0.2, 0.25) is 5.91 Å². The molecule has 2 aromatic carbocycles. The topological polar surface area (TPSA) is 66.9 Å². The van der Waals surface area contributed by atoms with Gasteiger partial charge in [0.05, 0.1) is 15.7 Å². The molecule has 0 spiro atoms. The lowest BCUT2D eigenvalue weighted by Gasteiger charge is -2.34. The highest BCUT2D eigenvalue weighted by molar-refractivity contribution is 7.91. The Balaban J connectivity index is 1.39. The summed E-state index contributed by atoms with van der Waals surface area (Å²) >= 11 is 11.9. The highest BCUT2D eigenvalue weighted by atomic mass is 35.5. The summed E-state index contributed by atoms with van der Waals surface area (Å²) in [5, 5.41) is 1.06. The fraction of sp³-hybridized carbons (Fsp3) is 0.381. The van der Waals surface area contributed by atoms with Crippen molar-refractivity contribution in [3.8, 4) is 5.75 Å². The molecule has 9 heteroatoms. The zero-order chi connectivity index (χ0) is 21.6. The van der Waals surface area contributed by atoms with E-state index >= 15 is 0 Å². The highest BCUT2D eigenvalue weighted by Crippen LogP contribution is 2.23. The summed E-state index contributed by atoms with van der Waals surface area (Å²) in [5.41, 5.74) is 0. The molecule has 1 heterocycles. The molecule has 0 atom stereocenters. The van der Waals surface area contributed by atoms with Gasteiger partial charge in [-0.1, -0.05) is 35.3 Å². The highest BCUT2D eigenvalue weighted by Gasteiger charge is 2.23. The summed E-state index contributed by atoms with van der Waals surface area (Å²) in [6, 6.07) is 13.3. The number of piperazine rings is 1. The van der Waals surface area contributed by atoms with Crippen LogP contribution in [0.2, 0.25) is 10.0 Å². The first kappa shape index (κ1) is 22.9. The van der Waals surface area contributed by atoms with Crippen molar-refractivity contribution < 1.29 is 17.9 Å². The Morgan fingerprint density at radius 1 is 0.967 bits per heavy atom. The van der Waals surface area contributed by atoms with Crippen molar-refractivity contribution in [1.82, 2.24) is 9.80 Å². The predicted octanol–water partition coefficient (Wildman–Crippen LogP) is 3.38. The van der Waals surface area contributed by atoms with E-state index in [0.29, 0.717) is 35.5 Å². The van der Waals surface area contributed by atoms with Crippen molar-refractivity contribution in [2.75, 3.05) is 45.1 Å². The van der Waals surface area contributed by atoms with Gasteiger partial charge < -0.3 is 9.64 Å². The molecule has 0 aromatic heterocycles. The Morgan fingerprint density at radius 3 is 2.30 bits per heavy atom. The minimum absolute atomic E-state index is 0.0272. The van der Waals surface area contributed by atoms with Gasteiger partial charge in [0.1, 0.15) is 12.4 Å². The second kappa shape index (κ2) is 10.5. The average molecular weight is 471 g/mol. The van der Waals surface area contributed by atoms with Crippen LogP contribution in [0.3, 0.4) is 0 Å². The lowest BCUT2D eigenvalue weighted by atomic mass is 10.3. The van der Waals surface area contributed by atoms with Gasteiger partial charge in [-0.2, -0.15) is 0 Å². The fourth-order valence-corrected chi connectivity index (χ4v) is 4.75. The Morgan fingerprint density at radius 2 is 1.63 bits per heavy atom. The number of rotatable bonds is 8. The number of amides is 1. The molecular formula is C21H24Cl2N2O4S. The number of para-hydroxylation sites is 1. The molecule has 0 N–H and O–H groups in total. The second-order valence-corrected chi connectivity index (χ2v) is 9.98. The maximum absolute atomic E-state index is 12.5. The average Bonchev–Trinajstić information content (AvgIpc) is 2.74. The van der Waals surface area contributed by atoms with Crippen molar-refractivity contribution in [2.24, 2.45) is 0 Å². The number of hydrogen-bond acceptors (Lipinski definition) is 5. The number of carbonyl (C=O) groups is 1. The van der Waals surface area contributed by atoms with Gasteiger partial charge in [0.15, 0.2) is 9.84 Å². The van der Waals surface area contributed by atoms with Crippen LogP contribution >= 0.6 is 23.2 Å². The van der Waals surface area contributed by atoms with E-state index in [-0.39, 0.29) is 23.0 Å². The van der Waals surface area contributed by atoms with Crippen molar-refractivity contribution in [2.45, 2.75) is 11.3 Å². The molecule has 0 aliphatic carbocycles. The maximum atomic E-state index is 12.5. The van der Waals surface area contributed by atoms with E-state index in [1.165, 1.54) is 24.3 Å². The number of halogens is 2. The number of nitrogens with zero attached hydrogens (tertiary/aromatic N) is 2. The van der Waals surface area contributed by atoms with Gasteiger partial charge in [0, 0.05) is 44.2 Å². The number of carbonyl (C=O) groups excluding carboxylic acids is 1. The lowest BCUT2D eigenvalue weighted by Crippen LogP contribution is -2.49. The van der Waals surface area contributed by atoms with Crippen LogP contribution in [0.15, 0.2) is 53.4 Å². The summed E-state index contributed by atoms with van der Waals surface area (Å²) in [4.78, 5) is 16.6. The van der Waals surface area contributed by atoms with Crippen LogP contribution in [0.25, 0.3) is 0 Å². The van der Waals surface area contributed by atoms with Crippen molar-refractivity contribution in [3.05, 3.63) is 58.6 Å². The number of ether oxygens (including phenoxy) is 1. The fourth-order valence-electron chi connectivity index (χ4n) is 3.21. The van der Waals surface area contributed by atoms with Crippen LogP contribution in [0.1, 0.15) is 6.42 Å². The standard InChI is InChI=1S/C21H24Cl2N2O4S/c22-17-5-7-18(8-6-17)30(27,28)16-9-21(26)25-12-10-24(11-13-25)14-15-29-20-4-2-1-3-19(20)23/h1-8H,9-16H2. The van der Waals surface area contributed by atoms with E-state index in [4.69, 9.17) is 27.9 Å². The first-order valence-electron chi connectivity index (χ1n) is 9.71. The summed E-state index contributed by atoms with van der Waals surface area (Å²) in [6.07, 6.45) is -0.0272. The summed E-state index contributed by atoms with van der Waals surface area (Å²) in [6.45, 7) is 3.84. The van der Waals surface area contributed by atoms with E-state index < -0.39 is 9.84 Å². The number of hydrogen-bond donors (Lipinski definition) is 0. The summed E-state index contributed by atoms with van der Waals surface area (Å²) < 4.78 is 30.5. The molecule has 0 radical (unpaired) electrons. The monoisotopic (exact) mass is 470 g/mol. The van der Waals surface area contributed by atoms with Crippen molar-refractivity contribution in [1.29, 1.82) is 0 Å². The van der Waals surface area contributed by atoms with E-state index in [9.17, 15) is 13.2 Å². The van der Waals surface area contributed by atoms with E-state index in [1.807, 2.05) is 18.2 Å². The first-order valence-corrected chi connectivity index (χ1v) is 12.1. The number of sulfone groups is 1. The normalized spacial score (nSPS) is 15.2. The zero-order valence-electron chi connectivity index (χ0n) is 16.5. The first-order chi connectivity index (χ1) is 14.3. The second-order valence-electron chi connectivity index (χ2n) is 7.02. The summed E-state index contributed by atoms with van der Waals surface area (Å²) in [5.74, 6) is 0.314. The molecule has 1 aliphatic rings. The molecule has 1 amide bonds. The van der Waals surface area contributed by atoms with Gasteiger partial charge >= 0.3 is 0 Å². The minimum Gasteiger partial charge on any atom is -0.491 e. The zero-order valence-corrected chi connectivity index (χ0v) is 18.8. The van der Waals surface area contributed by atoms with Gasteiger partial charge in [-0.3, -0.25) is 9.69 Å². The maximum Gasteiger partial charge on any atom is 0.223 e. The SMILES string of the molecule is O=C(CCS(=O)(=O)c1ccc(Cl)cc1)N1CCN(CCOc2ccccc2Cl)CC1. The molecule has 162 valence electrons. The van der Waals surface area contributed by atoms with Crippen LogP contribution < -0.4 is 4.74 Å². The molecule has 0 bridgehead atoms. The third-order valence-corrected chi connectivity index (χ3v) is 7.28. The molecular weight excluding hydrogens is 447 g/mol. The van der Waals surface area contributed by atoms with Crippen molar-refractivity contribution in [3.63, 3.8) is 0 Å². The Hall–Kier alpha value is -1.80. The van der Waals surface area contributed by atoms with Crippen LogP contribution in [-0.2, 0) is 14.6 Å². The van der Waals surface area contributed by atoms with Gasteiger partial charge in [0.25, 0.3) is 0 Å². The molecule has 0 saturated carbocycles. The molecule has 3 rings (SSSR count). The van der Waals surface area contributed by atoms with Crippen LogP contribution in [-0.4, -0.2) is 69.2 Å². The summed E-state index contributed by atoms with van der Waals surface area (Å²) in [7, 11) is -3.51.